The van der Waals surface area contributed by atoms with Crippen molar-refractivity contribution in [1.29, 1.82) is 5.26 Å². The summed E-state index contributed by atoms with van der Waals surface area (Å²) in [6.07, 6.45) is 4.56. The second kappa shape index (κ2) is 9.73. The summed E-state index contributed by atoms with van der Waals surface area (Å²) in [6.45, 7) is 3.02. The van der Waals surface area contributed by atoms with Crippen LogP contribution in [0.5, 0.6) is 0 Å². The van der Waals surface area contributed by atoms with Crippen LogP contribution in [0.4, 0.5) is 11.8 Å². The van der Waals surface area contributed by atoms with E-state index in [0.717, 1.165) is 16.8 Å². The van der Waals surface area contributed by atoms with Gasteiger partial charge in [-0.3, -0.25) is 9.98 Å². The molecule has 0 saturated heterocycles. The molecule has 2 N–H and O–H groups in total. The molecule has 0 radical (unpaired) electrons. The molecule has 3 aromatic rings. The van der Waals surface area contributed by atoms with E-state index in [4.69, 9.17) is 33.4 Å². The van der Waals surface area contributed by atoms with Gasteiger partial charge in [0.25, 0.3) is 0 Å². The van der Waals surface area contributed by atoms with Gasteiger partial charge in [-0.25, -0.2) is 15.0 Å². The fourth-order valence-electron chi connectivity index (χ4n) is 3.08. The highest BCUT2D eigenvalue weighted by Gasteiger charge is 2.21. The quantitative estimate of drug-likeness (QED) is 0.486. The molecule has 1 aromatic carbocycles. The summed E-state index contributed by atoms with van der Waals surface area (Å²) in [5.41, 5.74) is 3.49. The molecule has 32 heavy (non-hydrogen) atoms. The van der Waals surface area contributed by atoms with Gasteiger partial charge in [0.15, 0.2) is 6.17 Å². The van der Waals surface area contributed by atoms with Gasteiger partial charge in [-0.1, -0.05) is 23.2 Å². The maximum Gasteiger partial charge on any atom is 0.223 e. The normalized spacial score (nSPS) is 14.7. The first kappa shape index (κ1) is 21.7. The van der Waals surface area contributed by atoms with Crippen molar-refractivity contribution in [1.82, 2.24) is 15.0 Å². The highest BCUT2D eigenvalue weighted by atomic mass is 35.5. The lowest BCUT2D eigenvalue weighted by atomic mass is 10.1. The second-order valence-corrected chi connectivity index (χ2v) is 7.79. The summed E-state index contributed by atoms with van der Waals surface area (Å²) in [5, 5.41) is 16.2. The predicted molar refractivity (Wildman–Crippen MR) is 128 cm³/mol. The number of aromatic nitrogens is 3. The minimum Gasteiger partial charge on any atom is -0.368 e. The first-order valence-electron chi connectivity index (χ1n) is 9.77. The van der Waals surface area contributed by atoms with Crippen LogP contribution in [0.1, 0.15) is 24.2 Å². The molecule has 8 nitrogen and oxygen atoms in total. The van der Waals surface area contributed by atoms with E-state index in [9.17, 15) is 0 Å². The van der Waals surface area contributed by atoms with Crippen LogP contribution >= 0.6 is 23.2 Å². The van der Waals surface area contributed by atoms with E-state index in [-0.39, 0.29) is 0 Å². The number of halogens is 2. The highest BCUT2D eigenvalue weighted by Crippen LogP contribution is 2.36. The van der Waals surface area contributed by atoms with Gasteiger partial charge in [-0.15, -0.1) is 0 Å². The lowest BCUT2D eigenvalue weighted by molar-refractivity contribution is 0.788. The van der Waals surface area contributed by atoms with Crippen molar-refractivity contribution in [3.05, 3.63) is 63.9 Å². The van der Waals surface area contributed by atoms with Gasteiger partial charge in [-0.2, -0.15) is 5.26 Å². The van der Waals surface area contributed by atoms with Crippen LogP contribution in [0.2, 0.25) is 10.0 Å². The van der Waals surface area contributed by atoms with Gasteiger partial charge in [0.1, 0.15) is 11.9 Å². The molecule has 1 aliphatic rings. The van der Waals surface area contributed by atoms with Gasteiger partial charge in [0, 0.05) is 47.8 Å². The monoisotopic (exact) mass is 464 g/mol. The number of anilines is 2. The molecule has 0 aliphatic carbocycles. The van der Waals surface area contributed by atoms with Gasteiger partial charge in [-0.05, 0) is 37.3 Å². The van der Waals surface area contributed by atoms with Crippen molar-refractivity contribution in [3.63, 3.8) is 0 Å². The molecule has 0 amide bonds. The third kappa shape index (κ3) is 5.02. The van der Waals surface area contributed by atoms with Crippen molar-refractivity contribution in [2.45, 2.75) is 13.1 Å². The molecule has 2 aromatic heterocycles. The Morgan fingerprint density at radius 2 is 1.91 bits per heavy atom. The van der Waals surface area contributed by atoms with Crippen LogP contribution in [0.15, 0.2) is 52.7 Å². The standard InChI is InChI=1S/C22H18Cl2N8/c1-13-10-29-21(31-13)17-12-30-22(32-20(17)16-4-3-15(23)8-18(16)24)27-7-6-26-19-5-2-14(9-25)11-28-19/h2-5,8,10-12,21H,6-7H2,1H3,(H,26,28)(H,27,30,32)/t21-/m1/s1. The van der Waals surface area contributed by atoms with Crippen LogP contribution in [0, 0.1) is 11.3 Å². The topological polar surface area (TPSA) is 111 Å². The molecular formula is C22H18Cl2N8. The number of nitrogens with zero attached hydrogens (tertiary/aromatic N) is 6. The fraction of sp³-hybridized carbons (Fsp3) is 0.182. The Hall–Kier alpha value is -3.54. The van der Waals surface area contributed by atoms with Gasteiger partial charge >= 0.3 is 0 Å². The smallest absolute Gasteiger partial charge is 0.223 e. The Kier molecular flexibility index (Phi) is 6.59. The lowest BCUT2D eigenvalue weighted by Gasteiger charge is -2.14. The van der Waals surface area contributed by atoms with Crippen LogP contribution < -0.4 is 10.6 Å². The van der Waals surface area contributed by atoms with Crippen LogP contribution in [0.3, 0.4) is 0 Å². The van der Waals surface area contributed by atoms with Gasteiger partial charge in [0.05, 0.1) is 22.0 Å². The molecule has 0 bridgehead atoms. The minimum absolute atomic E-state index is 0.407. The number of nitriles is 1. The number of nitrogens with one attached hydrogen (secondary N) is 2. The fourth-order valence-corrected chi connectivity index (χ4v) is 3.58. The molecule has 0 spiro atoms. The zero-order valence-electron chi connectivity index (χ0n) is 17.0. The first-order chi connectivity index (χ1) is 15.5. The van der Waals surface area contributed by atoms with E-state index in [1.807, 2.05) is 19.1 Å². The zero-order valence-corrected chi connectivity index (χ0v) is 18.6. The molecule has 0 fully saturated rings. The Morgan fingerprint density at radius 3 is 2.59 bits per heavy atom. The molecular weight excluding hydrogens is 447 g/mol. The number of hydrogen-bond donors (Lipinski definition) is 2. The molecule has 1 atom stereocenters. The number of hydrogen-bond acceptors (Lipinski definition) is 8. The molecule has 0 saturated carbocycles. The summed E-state index contributed by atoms with van der Waals surface area (Å²) < 4.78 is 0. The summed E-state index contributed by atoms with van der Waals surface area (Å²) in [4.78, 5) is 22.3. The van der Waals surface area contributed by atoms with Crippen molar-refractivity contribution < 1.29 is 0 Å². The van der Waals surface area contributed by atoms with Crippen molar-refractivity contribution >= 4 is 46.9 Å². The van der Waals surface area contributed by atoms with Gasteiger partial charge in [0.2, 0.25) is 5.95 Å². The number of benzene rings is 1. The maximum absolute atomic E-state index is 8.84. The Morgan fingerprint density at radius 1 is 1.06 bits per heavy atom. The molecule has 3 heterocycles. The van der Waals surface area contributed by atoms with Crippen LogP contribution in [0.25, 0.3) is 11.3 Å². The minimum atomic E-state index is -0.407. The second-order valence-electron chi connectivity index (χ2n) is 6.94. The van der Waals surface area contributed by atoms with E-state index in [2.05, 4.69) is 30.6 Å². The van der Waals surface area contributed by atoms with E-state index in [1.54, 1.807) is 36.7 Å². The largest absolute Gasteiger partial charge is 0.368 e. The average Bonchev–Trinajstić information content (AvgIpc) is 3.23. The average molecular weight is 465 g/mol. The van der Waals surface area contributed by atoms with E-state index < -0.39 is 6.17 Å². The predicted octanol–water partition coefficient (Wildman–Crippen LogP) is 4.78. The highest BCUT2D eigenvalue weighted by molar-refractivity contribution is 6.36. The van der Waals surface area contributed by atoms with E-state index >= 15 is 0 Å². The lowest BCUT2D eigenvalue weighted by Crippen LogP contribution is -2.16. The third-order valence-electron chi connectivity index (χ3n) is 4.62. The number of aliphatic imine (C=N–C) groups is 2. The zero-order chi connectivity index (χ0) is 22.5. The third-order valence-corrected chi connectivity index (χ3v) is 5.16. The molecule has 10 heteroatoms. The number of pyridine rings is 1. The molecule has 160 valence electrons. The van der Waals surface area contributed by atoms with Crippen LogP contribution in [-0.2, 0) is 0 Å². The van der Waals surface area contributed by atoms with Gasteiger partial charge < -0.3 is 10.6 Å². The molecule has 1 aliphatic heterocycles. The summed E-state index contributed by atoms with van der Waals surface area (Å²) in [5.74, 6) is 1.13. The summed E-state index contributed by atoms with van der Waals surface area (Å²) >= 11 is 12.5. The first-order valence-corrected chi connectivity index (χ1v) is 10.5. The van der Waals surface area contributed by atoms with Crippen molar-refractivity contribution in [2.75, 3.05) is 23.7 Å². The molecule has 0 unspecified atom stereocenters. The number of rotatable bonds is 7. The Balaban J connectivity index is 1.51. The van der Waals surface area contributed by atoms with E-state index in [0.29, 0.717) is 46.2 Å². The van der Waals surface area contributed by atoms with Crippen molar-refractivity contribution in [3.8, 4) is 17.3 Å². The van der Waals surface area contributed by atoms with Crippen LogP contribution in [-0.4, -0.2) is 40.0 Å². The Labute approximate surface area is 195 Å². The maximum atomic E-state index is 8.84. The van der Waals surface area contributed by atoms with Crippen molar-refractivity contribution in [2.24, 2.45) is 9.98 Å². The Bertz CT molecular complexity index is 1230. The summed E-state index contributed by atoms with van der Waals surface area (Å²) in [6, 6.07) is 10.8. The SMILES string of the molecule is CC1=N[C@H](c2cnc(NCCNc3ccc(C#N)cn3)nc2-c2ccc(Cl)cc2Cl)N=C1. The van der Waals surface area contributed by atoms with E-state index in [1.165, 1.54) is 6.20 Å². The molecule has 4 rings (SSSR count). The summed E-state index contributed by atoms with van der Waals surface area (Å²) in [7, 11) is 0.